The summed E-state index contributed by atoms with van der Waals surface area (Å²) in [5, 5.41) is 14.1. The molecule has 178 valence electrons. The number of H-pyrrole nitrogens is 1. The van der Waals surface area contributed by atoms with Crippen LogP contribution in [-0.2, 0) is 13.0 Å². The van der Waals surface area contributed by atoms with Gasteiger partial charge in [0.1, 0.15) is 11.5 Å². The van der Waals surface area contributed by atoms with Gasteiger partial charge in [-0.1, -0.05) is 0 Å². The van der Waals surface area contributed by atoms with E-state index in [1.54, 1.807) is 14.2 Å². The average Bonchev–Trinajstić information content (AvgIpc) is 3.39. The molecule has 2 aromatic rings. The van der Waals surface area contributed by atoms with Gasteiger partial charge in [-0.15, -0.1) is 24.0 Å². The molecule has 1 aliphatic rings. The molecular formula is C23H37IN6O2. The smallest absolute Gasteiger partial charge is 0.191 e. The fourth-order valence-electron chi connectivity index (χ4n) is 3.91. The van der Waals surface area contributed by atoms with Crippen molar-refractivity contribution in [3.05, 3.63) is 41.2 Å². The largest absolute Gasteiger partial charge is 0.497 e. The molecular weight excluding hydrogens is 519 g/mol. The van der Waals surface area contributed by atoms with Gasteiger partial charge in [-0.25, -0.2) is 0 Å². The van der Waals surface area contributed by atoms with Crippen molar-refractivity contribution >= 4 is 29.9 Å². The standard InChI is InChI=1S/C23H36N6O2.HI/c1-5-24-23(25-9-6-7-19-14-26-28-17(19)2)27-20-8-10-29(16-20)15-18-11-21(30-3)13-22(12-18)31-4;/h11-14,20H,5-10,15-16H2,1-4H3,(H,26,28)(H2,24,25,27);1H. The Labute approximate surface area is 208 Å². The number of ether oxygens (including phenoxy) is 2. The summed E-state index contributed by atoms with van der Waals surface area (Å²) in [5.74, 6) is 2.56. The predicted octanol–water partition coefficient (Wildman–Crippen LogP) is 3.12. The van der Waals surface area contributed by atoms with Crippen LogP contribution in [0.3, 0.4) is 0 Å². The minimum atomic E-state index is 0. The molecule has 0 amide bonds. The van der Waals surface area contributed by atoms with Crippen LogP contribution in [0.2, 0.25) is 0 Å². The van der Waals surface area contributed by atoms with Crippen LogP contribution >= 0.6 is 24.0 Å². The number of aliphatic imine (C=N–C) groups is 1. The summed E-state index contributed by atoms with van der Waals surface area (Å²) in [7, 11) is 3.37. The van der Waals surface area contributed by atoms with Crippen LogP contribution in [-0.4, -0.2) is 67.5 Å². The fraction of sp³-hybridized carbons (Fsp3) is 0.565. The van der Waals surface area contributed by atoms with Crippen molar-refractivity contribution in [2.24, 2.45) is 4.99 Å². The molecule has 0 saturated carbocycles. The predicted molar refractivity (Wildman–Crippen MR) is 139 cm³/mol. The number of halogens is 1. The first-order valence-electron chi connectivity index (χ1n) is 11.1. The Morgan fingerprint density at radius 2 is 2.00 bits per heavy atom. The van der Waals surface area contributed by atoms with E-state index in [1.807, 2.05) is 12.3 Å². The Hall–Kier alpha value is -2.01. The van der Waals surface area contributed by atoms with Crippen LogP contribution in [0.5, 0.6) is 11.5 Å². The number of aromatic amines is 1. The monoisotopic (exact) mass is 556 g/mol. The number of nitrogens with zero attached hydrogens (tertiary/aromatic N) is 3. The Bertz CT molecular complexity index is 835. The van der Waals surface area contributed by atoms with Crippen molar-refractivity contribution in [2.75, 3.05) is 40.4 Å². The zero-order chi connectivity index (χ0) is 22.1. The number of aryl methyl sites for hydroxylation is 2. The van der Waals surface area contributed by atoms with Crippen LogP contribution in [0.4, 0.5) is 0 Å². The molecule has 1 aromatic carbocycles. The third-order valence-corrected chi connectivity index (χ3v) is 5.58. The zero-order valence-corrected chi connectivity index (χ0v) is 21.9. The van der Waals surface area contributed by atoms with Crippen LogP contribution in [0.25, 0.3) is 0 Å². The molecule has 0 bridgehead atoms. The van der Waals surface area contributed by atoms with E-state index in [4.69, 9.17) is 14.5 Å². The summed E-state index contributed by atoms with van der Waals surface area (Å²) in [6, 6.07) is 6.46. The second-order valence-electron chi connectivity index (χ2n) is 7.97. The number of hydrogen-bond donors (Lipinski definition) is 3. The van der Waals surface area contributed by atoms with Crippen molar-refractivity contribution in [1.29, 1.82) is 0 Å². The second kappa shape index (κ2) is 13.5. The van der Waals surface area contributed by atoms with E-state index in [0.29, 0.717) is 6.04 Å². The Kier molecular flexibility index (Phi) is 11.1. The second-order valence-corrected chi connectivity index (χ2v) is 7.97. The van der Waals surface area contributed by atoms with Gasteiger partial charge in [-0.3, -0.25) is 15.0 Å². The van der Waals surface area contributed by atoms with Crippen LogP contribution in [0.15, 0.2) is 29.4 Å². The number of hydrogen-bond acceptors (Lipinski definition) is 5. The van der Waals surface area contributed by atoms with Gasteiger partial charge in [-0.2, -0.15) is 5.10 Å². The van der Waals surface area contributed by atoms with Crippen LogP contribution in [0, 0.1) is 6.92 Å². The lowest BCUT2D eigenvalue weighted by Crippen LogP contribution is -2.44. The van der Waals surface area contributed by atoms with Crippen molar-refractivity contribution in [3.8, 4) is 11.5 Å². The van der Waals surface area contributed by atoms with Crippen molar-refractivity contribution in [3.63, 3.8) is 0 Å². The minimum Gasteiger partial charge on any atom is -0.497 e. The molecule has 0 spiro atoms. The van der Waals surface area contributed by atoms with E-state index >= 15 is 0 Å². The topological polar surface area (TPSA) is 86.8 Å². The van der Waals surface area contributed by atoms with Gasteiger partial charge in [0.15, 0.2) is 5.96 Å². The fourth-order valence-corrected chi connectivity index (χ4v) is 3.91. The highest BCUT2D eigenvalue weighted by molar-refractivity contribution is 14.0. The molecule has 3 N–H and O–H groups in total. The molecule has 1 saturated heterocycles. The highest BCUT2D eigenvalue weighted by Gasteiger charge is 2.23. The molecule has 3 rings (SSSR count). The van der Waals surface area contributed by atoms with Crippen LogP contribution in [0.1, 0.15) is 36.6 Å². The number of benzene rings is 1. The number of rotatable bonds is 10. The summed E-state index contributed by atoms with van der Waals surface area (Å²) >= 11 is 0. The Morgan fingerprint density at radius 1 is 1.25 bits per heavy atom. The highest BCUT2D eigenvalue weighted by atomic mass is 127. The van der Waals surface area contributed by atoms with Crippen molar-refractivity contribution in [1.82, 2.24) is 25.7 Å². The first-order valence-corrected chi connectivity index (χ1v) is 11.1. The third-order valence-electron chi connectivity index (χ3n) is 5.58. The first-order chi connectivity index (χ1) is 15.1. The zero-order valence-electron chi connectivity index (χ0n) is 19.6. The minimum absolute atomic E-state index is 0. The van der Waals surface area contributed by atoms with E-state index in [-0.39, 0.29) is 24.0 Å². The quantitative estimate of drug-likeness (QED) is 0.181. The molecule has 32 heavy (non-hydrogen) atoms. The summed E-state index contributed by atoms with van der Waals surface area (Å²) in [6.45, 7) is 8.72. The maximum absolute atomic E-state index is 5.40. The molecule has 0 aliphatic carbocycles. The normalized spacial score (nSPS) is 16.5. The Balaban J connectivity index is 0.00000363. The summed E-state index contributed by atoms with van der Waals surface area (Å²) in [4.78, 5) is 7.23. The third kappa shape index (κ3) is 7.84. The highest BCUT2D eigenvalue weighted by Crippen LogP contribution is 2.24. The van der Waals surface area contributed by atoms with E-state index in [9.17, 15) is 0 Å². The number of nitrogens with one attached hydrogen (secondary N) is 3. The maximum atomic E-state index is 5.40. The molecule has 1 unspecified atom stereocenters. The first kappa shape index (κ1) is 26.2. The van der Waals surface area contributed by atoms with Gasteiger partial charge >= 0.3 is 0 Å². The van der Waals surface area contributed by atoms with Gasteiger partial charge in [0, 0.05) is 50.5 Å². The van der Waals surface area contributed by atoms with Crippen molar-refractivity contribution in [2.45, 2.75) is 45.7 Å². The molecule has 8 nitrogen and oxygen atoms in total. The lowest BCUT2D eigenvalue weighted by molar-refractivity contribution is 0.321. The summed E-state index contributed by atoms with van der Waals surface area (Å²) in [5.41, 5.74) is 3.62. The van der Waals surface area contributed by atoms with E-state index in [1.165, 1.54) is 11.1 Å². The molecule has 2 heterocycles. The van der Waals surface area contributed by atoms with Crippen molar-refractivity contribution < 1.29 is 9.47 Å². The summed E-state index contributed by atoms with van der Waals surface area (Å²) < 4.78 is 10.8. The lowest BCUT2D eigenvalue weighted by atomic mass is 10.1. The average molecular weight is 556 g/mol. The molecule has 0 radical (unpaired) electrons. The van der Waals surface area contributed by atoms with Gasteiger partial charge in [0.2, 0.25) is 0 Å². The maximum Gasteiger partial charge on any atom is 0.191 e. The van der Waals surface area contributed by atoms with E-state index in [2.05, 4.69) is 51.7 Å². The number of guanidine groups is 1. The SMILES string of the molecule is CCNC(=NCCCc1cn[nH]c1C)NC1CCN(Cc2cc(OC)cc(OC)c2)C1.I. The molecule has 1 aromatic heterocycles. The molecule has 1 atom stereocenters. The molecule has 9 heteroatoms. The van der Waals surface area contributed by atoms with Gasteiger partial charge in [0.05, 0.1) is 20.4 Å². The molecule has 1 aliphatic heterocycles. The van der Waals surface area contributed by atoms with Gasteiger partial charge < -0.3 is 20.1 Å². The van der Waals surface area contributed by atoms with Gasteiger partial charge in [-0.05, 0) is 56.4 Å². The Morgan fingerprint density at radius 3 is 2.62 bits per heavy atom. The molecule has 1 fully saturated rings. The van der Waals surface area contributed by atoms with Crippen LogP contribution < -0.4 is 20.1 Å². The number of methoxy groups -OCH3 is 2. The summed E-state index contributed by atoms with van der Waals surface area (Å²) in [6.07, 6.45) is 5.01. The van der Waals surface area contributed by atoms with E-state index in [0.717, 1.165) is 75.1 Å². The number of aromatic nitrogens is 2. The van der Waals surface area contributed by atoms with E-state index < -0.39 is 0 Å². The van der Waals surface area contributed by atoms with Gasteiger partial charge in [0.25, 0.3) is 0 Å². The lowest BCUT2D eigenvalue weighted by Gasteiger charge is -2.19. The number of likely N-dealkylation sites (tertiary alicyclic amines) is 1.